The lowest BCUT2D eigenvalue weighted by Gasteiger charge is -2.26. The Labute approximate surface area is 169 Å². The van der Waals surface area contributed by atoms with Crippen LogP contribution in [0.2, 0.25) is 0 Å². The van der Waals surface area contributed by atoms with Crippen LogP contribution in [0.1, 0.15) is 46.0 Å². The lowest BCUT2D eigenvalue weighted by atomic mass is 10.0. The van der Waals surface area contributed by atoms with Gasteiger partial charge in [0.15, 0.2) is 0 Å². The molecule has 1 heterocycles. The molecule has 1 aliphatic heterocycles. The molecular formula is C18H30N4O7. The van der Waals surface area contributed by atoms with Gasteiger partial charge in [-0.1, -0.05) is 13.8 Å². The van der Waals surface area contributed by atoms with Crippen molar-refractivity contribution in [3.05, 3.63) is 0 Å². The highest BCUT2D eigenvalue weighted by Gasteiger charge is 2.36. The van der Waals surface area contributed by atoms with Gasteiger partial charge in [0.1, 0.15) is 12.1 Å². The summed E-state index contributed by atoms with van der Waals surface area (Å²) >= 11 is 0. The van der Waals surface area contributed by atoms with Crippen LogP contribution in [0, 0.1) is 5.92 Å². The van der Waals surface area contributed by atoms with Gasteiger partial charge in [-0.05, 0) is 31.6 Å². The molecule has 6 N–H and O–H groups in total. The predicted molar refractivity (Wildman–Crippen MR) is 102 cm³/mol. The first-order valence-corrected chi connectivity index (χ1v) is 9.60. The predicted octanol–water partition coefficient (Wildman–Crippen LogP) is -1.10. The minimum atomic E-state index is -1.15. The van der Waals surface area contributed by atoms with Crippen molar-refractivity contribution in [2.24, 2.45) is 11.7 Å². The Kier molecular flexibility index (Phi) is 9.53. The van der Waals surface area contributed by atoms with Gasteiger partial charge < -0.3 is 31.5 Å². The fraction of sp³-hybridized carbons (Fsp3) is 0.722. The highest BCUT2D eigenvalue weighted by atomic mass is 16.4. The number of carboxylic acids is 2. The van der Waals surface area contributed by atoms with Crippen molar-refractivity contribution in [1.29, 1.82) is 0 Å². The van der Waals surface area contributed by atoms with E-state index >= 15 is 0 Å². The number of rotatable bonds is 11. The van der Waals surface area contributed by atoms with Crippen molar-refractivity contribution in [1.82, 2.24) is 15.5 Å². The molecular weight excluding hydrogens is 384 g/mol. The van der Waals surface area contributed by atoms with E-state index < -0.39 is 54.3 Å². The van der Waals surface area contributed by atoms with Crippen LogP contribution in [0.15, 0.2) is 0 Å². The van der Waals surface area contributed by atoms with Crippen molar-refractivity contribution >= 4 is 29.7 Å². The maximum atomic E-state index is 12.4. The minimum absolute atomic E-state index is 0.0339. The number of carbonyl (C=O) groups is 5. The number of amides is 3. The molecule has 3 unspecified atom stereocenters. The highest BCUT2D eigenvalue weighted by molar-refractivity contribution is 5.93. The number of hydrogen-bond donors (Lipinski definition) is 5. The van der Waals surface area contributed by atoms with Crippen molar-refractivity contribution in [2.45, 2.75) is 64.1 Å². The topological polar surface area (TPSA) is 179 Å². The molecule has 29 heavy (non-hydrogen) atoms. The number of hydrogen-bond acceptors (Lipinski definition) is 6. The molecule has 0 saturated carbocycles. The summed E-state index contributed by atoms with van der Waals surface area (Å²) in [4.78, 5) is 59.9. The van der Waals surface area contributed by atoms with Crippen molar-refractivity contribution in [3.63, 3.8) is 0 Å². The van der Waals surface area contributed by atoms with Gasteiger partial charge in [-0.3, -0.25) is 19.2 Å². The molecule has 11 heteroatoms. The zero-order chi connectivity index (χ0) is 22.1. The molecule has 0 bridgehead atoms. The number of nitrogens with one attached hydrogen (secondary N) is 2. The van der Waals surface area contributed by atoms with E-state index in [9.17, 15) is 24.0 Å². The molecule has 0 aromatic carbocycles. The Morgan fingerprint density at radius 2 is 1.83 bits per heavy atom. The third-order valence-electron chi connectivity index (χ3n) is 4.59. The number of aliphatic carboxylic acids is 2. The van der Waals surface area contributed by atoms with Gasteiger partial charge in [0.25, 0.3) is 0 Å². The van der Waals surface area contributed by atoms with Gasteiger partial charge in [-0.2, -0.15) is 0 Å². The average molecular weight is 414 g/mol. The zero-order valence-corrected chi connectivity index (χ0v) is 16.7. The van der Waals surface area contributed by atoms with Crippen LogP contribution in [0.25, 0.3) is 0 Å². The maximum absolute atomic E-state index is 12.4. The van der Waals surface area contributed by atoms with Crippen molar-refractivity contribution < 1.29 is 34.2 Å². The van der Waals surface area contributed by atoms with E-state index in [1.54, 1.807) is 0 Å². The molecule has 0 spiro atoms. The Morgan fingerprint density at radius 3 is 2.38 bits per heavy atom. The molecule has 11 nitrogen and oxygen atoms in total. The Bertz CT molecular complexity index is 638. The molecule has 1 fully saturated rings. The second kappa shape index (κ2) is 11.3. The number of nitrogens with two attached hydrogens (primary N) is 1. The van der Waals surface area contributed by atoms with Gasteiger partial charge in [0.2, 0.25) is 17.7 Å². The lowest BCUT2D eigenvalue weighted by Crippen LogP contribution is -2.53. The minimum Gasteiger partial charge on any atom is -0.481 e. The fourth-order valence-corrected chi connectivity index (χ4v) is 3.14. The quantitative estimate of drug-likeness (QED) is 0.283. The van der Waals surface area contributed by atoms with E-state index in [1.807, 2.05) is 13.8 Å². The first-order valence-electron chi connectivity index (χ1n) is 9.60. The Balaban J connectivity index is 2.57. The Hall–Kier alpha value is -2.69. The van der Waals surface area contributed by atoms with Gasteiger partial charge in [0.05, 0.1) is 12.6 Å². The number of likely N-dealkylation sites (tertiary alicyclic amines) is 1. The molecule has 0 aliphatic carbocycles. The fourth-order valence-electron chi connectivity index (χ4n) is 3.14. The molecule has 3 amide bonds. The summed E-state index contributed by atoms with van der Waals surface area (Å²) in [7, 11) is 0. The summed E-state index contributed by atoms with van der Waals surface area (Å²) in [5, 5.41) is 22.6. The van der Waals surface area contributed by atoms with Gasteiger partial charge in [0, 0.05) is 13.0 Å². The van der Waals surface area contributed by atoms with E-state index in [2.05, 4.69) is 10.6 Å². The van der Waals surface area contributed by atoms with E-state index in [-0.39, 0.29) is 25.2 Å². The zero-order valence-electron chi connectivity index (χ0n) is 16.7. The van der Waals surface area contributed by atoms with Crippen LogP contribution in [-0.4, -0.2) is 76.0 Å². The highest BCUT2D eigenvalue weighted by Crippen LogP contribution is 2.19. The van der Waals surface area contributed by atoms with Crippen LogP contribution < -0.4 is 16.4 Å². The van der Waals surface area contributed by atoms with Gasteiger partial charge in [-0.25, -0.2) is 4.79 Å². The van der Waals surface area contributed by atoms with E-state index in [0.29, 0.717) is 19.4 Å². The normalized spacial score (nSPS) is 18.2. The molecule has 0 aromatic heterocycles. The van der Waals surface area contributed by atoms with Crippen molar-refractivity contribution in [3.8, 4) is 0 Å². The monoisotopic (exact) mass is 414 g/mol. The van der Waals surface area contributed by atoms with Gasteiger partial charge >= 0.3 is 11.9 Å². The second-order valence-corrected chi connectivity index (χ2v) is 7.53. The smallest absolute Gasteiger partial charge is 0.326 e. The van der Waals surface area contributed by atoms with E-state index in [4.69, 9.17) is 15.9 Å². The first kappa shape index (κ1) is 24.3. The molecule has 1 saturated heterocycles. The summed E-state index contributed by atoms with van der Waals surface area (Å²) < 4.78 is 0. The maximum Gasteiger partial charge on any atom is 0.326 e. The summed E-state index contributed by atoms with van der Waals surface area (Å²) in [5.41, 5.74) is 5.75. The number of nitrogens with zero attached hydrogens (tertiary/aromatic N) is 1. The van der Waals surface area contributed by atoms with E-state index in [0.717, 1.165) is 0 Å². The molecule has 164 valence electrons. The standard InChI is InChI=1S/C18H30N4O7/c1-10(2)8-12(18(28)29)21-14(23)9-20-16(26)13-4-3-7-22(13)17(27)11(19)5-6-15(24)25/h10-13H,3-9,19H2,1-2H3,(H,20,26)(H,21,23)(H,24,25)(H,28,29). The molecule has 1 rings (SSSR count). The summed E-state index contributed by atoms with van der Waals surface area (Å²) in [6, 6.07) is -2.86. The first-order chi connectivity index (χ1) is 13.5. The van der Waals surface area contributed by atoms with E-state index in [1.165, 1.54) is 4.90 Å². The van der Waals surface area contributed by atoms with Crippen LogP contribution in [-0.2, 0) is 24.0 Å². The third kappa shape index (κ3) is 8.06. The van der Waals surface area contributed by atoms with Crippen LogP contribution >= 0.6 is 0 Å². The summed E-state index contributed by atoms with van der Waals surface area (Å²) in [6.45, 7) is 3.57. The molecule has 1 aliphatic rings. The van der Waals surface area contributed by atoms with Crippen LogP contribution in [0.3, 0.4) is 0 Å². The average Bonchev–Trinajstić information content (AvgIpc) is 3.12. The van der Waals surface area contributed by atoms with Crippen LogP contribution in [0.5, 0.6) is 0 Å². The summed E-state index contributed by atoms with van der Waals surface area (Å²) in [5.74, 6) is -3.83. The second-order valence-electron chi connectivity index (χ2n) is 7.53. The molecule has 0 aromatic rings. The summed E-state index contributed by atoms with van der Waals surface area (Å²) in [6.07, 6.45) is 0.952. The number of carboxylic acid groups (broad SMARTS) is 2. The SMILES string of the molecule is CC(C)CC(NC(=O)CNC(=O)C1CCCN1C(=O)C(N)CCC(=O)O)C(=O)O. The third-order valence-corrected chi connectivity index (χ3v) is 4.59. The lowest BCUT2D eigenvalue weighted by molar-refractivity contribution is -0.143. The van der Waals surface area contributed by atoms with Crippen LogP contribution in [0.4, 0.5) is 0 Å². The Morgan fingerprint density at radius 1 is 1.17 bits per heavy atom. The largest absolute Gasteiger partial charge is 0.481 e. The van der Waals surface area contributed by atoms with Gasteiger partial charge in [-0.15, -0.1) is 0 Å². The number of carbonyl (C=O) groups excluding carboxylic acids is 3. The molecule has 3 atom stereocenters. The van der Waals surface area contributed by atoms with Crippen molar-refractivity contribution in [2.75, 3.05) is 13.1 Å². The molecule has 0 radical (unpaired) electrons.